The van der Waals surface area contributed by atoms with Crippen molar-refractivity contribution in [3.8, 4) is 0 Å². The van der Waals surface area contributed by atoms with Crippen LogP contribution in [-0.4, -0.2) is 15.9 Å². The highest BCUT2D eigenvalue weighted by molar-refractivity contribution is 5.90. The molecule has 0 bridgehead atoms. The number of aromatic amines is 1. The molecule has 0 unspecified atom stereocenters. The lowest BCUT2D eigenvalue weighted by molar-refractivity contribution is -0.120. The summed E-state index contributed by atoms with van der Waals surface area (Å²) in [4.78, 5) is 19.9. The minimum absolute atomic E-state index is 0.0229. The van der Waals surface area contributed by atoms with E-state index in [0.717, 1.165) is 46.7 Å². The Labute approximate surface area is 141 Å². The molecule has 1 amide bonds. The Morgan fingerprint density at radius 1 is 1.33 bits per heavy atom. The predicted octanol–water partition coefficient (Wildman–Crippen LogP) is 3.58. The van der Waals surface area contributed by atoms with Crippen LogP contribution in [0.15, 0.2) is 28.8 Å². The number of oxazole rings is 1. The number of amides is 1. The predicted molar refractivity (Wildman–Crippen MR) is 93.8 cm³/mol. The number of fused-ring (bicyclic) bond motifs is 1. The van der Waals surface area contributed by atoms with E-state index < -0.39 is 0 Å². The van der Waals surface area contributed by atoms with E-state index in [0.29, 0.717) is 13.0 Å². The second-order valence-corrected chi connectivity index (χ2v) is 6.13. The number of nitrogens with zero attached hydrogens (tertiary/aromatic N) is 1. The summed E-state index contributed by atoms with van der Waals surface area (Å²) in [7, 11) is 0. The van der Waals surface area contributed by atoms with E-state index in [1.807, 2.05) is 25.3 Å². The van der Waals surface area contributed by atoms with Crippen LogP contribution in [0.5, 0.6) is 0 Å². The van der Waals surface area contributed by atoms with E-state index in [2.05, 4.69) is 35.2 Å². The molecule has 0 fully saturated rings. The number of hydrogen-bond acceptors (Lipinski definition) is 3. The zero-order valence-electron chi connectivity index (χ0n) is 14.4. The maximum Gasteiger partial charge on any atom is 0.224 e. The third kappa shape index (κ3) is 3.35. The van der Waals surface area contributed by atoms with Crippen LogP contribution in [0.4, 0.5) is 0 Å². The molecule has 5 nitrogen and oxygen atoms in total. The van der Waals surface area contributed by atoms with Crippen molar-refractivity contribution in [2.45, 2.75) is 46.6 Å². The van der Waals surface area contributed by atoms with Gasteiger partial charge < -0.3 is 14.7 Å². The van der Waals surface area contributed by atoms with Gasteiger partial charge in [0.2, 0.25) is 5.91 Å². The summed E-state index contributed by atoms with van der Waals surface area (Å²) in [6.45, 7) is 6.43. The van der Waals surface area contributed by atoms with Crippen LogP contribution in [0.3, 0.4) is 0 Å². The number of hydrogen-bond donors (Lipinski definition) is 2. The van der Waals surface area contributed by atoms with Crippen LogP contribution < -0.4 is 5.32 Å². The van der Waals surface area contributed by atoms with Gasteiger partial charge in [0, 0.05) is 23.5 Å². The van der Waals surface area contributed by atoms with Crippen LogP contribution in [0, 0.1) is 13.8 Å². The molecule has 0 aliphatic carbocycles. The lowest BCUT2D eigenvalue weighted by Gasteiger charge is -2.03. The normalized spacial score (nSPS) is 11.1. The molecule has 3 aromatic rings. The minimum atomic E-state index is -0.0229. The highest BCUT2D eigenvalue weighted by Crippen LogP contribution is 2.21. The number of aromatic nitrogens is 2. The summed E-state index contributed by atoms with van der Waals surface area (Å²) >= 11 is 0. The largest absolute Gasteiger partial charge is 0.444 e. The number of carbonyl (C=O) groups is 1. The number of carbonyl (C=O) groups excluding carboxylic acids is 1. The van der Waals surface area contributed by atoms with E-state index >= 15 is 0 Å². The van der Waals surface area contributed by atoms with Crippen LogP contribution in [0.25, 0.3) is 10.9 Å². The number of para-hydroxylation sites is 1. The lowest BCUT2D eigenvalue weighted by Crippen LogP contribution is -2.24. The van der Waals surface area contributed by atoms with Crippen LogP contribution in [-0.2, 0) is 24.2 Å². The van der Waals surface area contributed by atoms with Gasteiger partial charge >= 0.3 is 0 Å². The fourth-order valence-electron chi connectivity index (χ4n) is 2.90. The zero-order chi connectivity index (χ0) is 17.1. The highest BCUT2D eigenvalue weighted by atomic mass is 16.4. The lowest BCUT2D eigenvalue weighted by atomic mass is 10.1. The zero-order valence-corrected chi connectivity index (χ0v) is 14.4. The molecular formula is C19H23N3O2. The van der Waals surface area contributed by atoms with E-state index in [4.69, 9.17) is 4.42 Å². The molecule has 0 aliphatic heterocycles. The van der Waals surface area contributed by atoms with Crippen molar-refractivity contribution < 1.29 is 9.21 Å². The van der Waals surface area contributed by atoms with E-state index in [1.165, 1.54) is 5.56 Å². The van der Waals surface area contributed by atoms with Crippen molar-refractivity contribution in [3.63, 3.8) is 0 Å². The van der Waals surface area contributed by atoms with E-state index in [9.17, 15) is 4.79 Å². The van der Waals surface area contributed by atoms with Gasteiger partial charge in [0.25, 0.3) is 0 Å². The average molecular weight is 325 g/mol. The van der Waals surface area contributed by atoms with Crippen LogP contribution in [0.2, 0.25) is 0 Å². The molecular weight excluding hydrogens is 302 g/mol. The quantitative estimate of drug-likeness (QED) is 0.727. The molecule has 0 radical (unpaired) electrons. The molecule has 2 N–H and O–H groups in total. The van der Waals surface area contributed by atoms with Gasteiger partial charge in [0.15, 0.2) is 5.89 Å². The van der Waals surface area contributed by atoms with E-state index in [-0.39, 0.29) is 5.91 Å². The molecule has 3 rings (SSSR count). The molecule has 0 spiro atoms. The monoisotopic (exact) mass is 325 g/mol. The molecule has 2 aromatic heterocycles. The Balaban J connectivity index is 1.64. The summed E-state index contributed by atoms with van der Waals surface area (Å²) in [6.07, 6.45) is 4.07. The number of nitrogens with one attached hydrogen (secondary N) is 2. The molecule has 1 aromatic carbocycles. The first-order valence-corrected chi connectivity index (χ1v) is 8.36. The Bertz CT molecular complexity index is 861. The average Bonchev–Trinajstić information content (AvgIpc) is 3.11. The van der Waals surface area contributed by atoms with Gasteiger partial charge in [-0.05, 0) is 31.4 Å². The first-order valence-electron chi connectivity index (χ1n) is 8.36. The van der Waals surface area contributed by atoms with Gasteiger partial charge in [-0.25, -0.2) is 4.98 Å². The van der Waals surface area contributed by atoms with Gasteiger partial charge in [-0.1, -0.05) is 25.1 Å². The molecule has 5 heteroatoms. The molecule has 2 heterocycles. The standard InChI is InChI=1S/C19H23N3O2/c1-4-6-18-22-13(3)16(24-18)11-20-17(23)9-14-10-21-19-12(2)7-5-8-15(14)19/h5,7-8,10,21H,4,6,9,11H2,1-3H3,(H,20,23). The van der Waals surface area contributed by atoms with Crippen molar-refractivity contribution >= 4 is 16.8 Å². The van der Waals surface area contributed by atoms with Gasteiger partial charge in [0.05, 0.1) is 18.7 Å². The third-order valence-corrected chi connectivity index (χ3v) is 4.21. The Morgan fingerprint density at radius 3 is 2.96 bits per heavy atom. The van der Waals surface area contributed by atoms with Crippen molar-refractivity contribution in [2.75, 3.05) is 0 Å². The second-order valence-electron chi connectivity index (χ2n) is 6.13. The molecule has 0 aliphatic rings. The second kappa shape index (κ2) is 6.91. The van der Waals surface area contributed by atoms with E-state index in [1.54, 1.807) is 0 Å². The summed E-state index contributed by atoms with van der Waals surface area (Å²) in [5.74, 6) is 1.46. The number of benzene rings is 1. The number of aryl methyl sites for hydroxylation is 3. The molecule has 0 atom stereocenters. The number of rotatable bonds is 6. The van der Waals surface area contributed by atoms with Gasteiger partial charge in [-0.15, -0.1) is 0 Å². The SMILES string of the molecule is CCCc1nc(C)c(CNC(=O)Cc2c[nH]c3c(C)cccc23)o1. The maximum absolute atomic E-state index is 12.3. The summed E-state index contributed by atoms with van der Waals surface area (Å²) in [5.41, 5.74) is 4.13. The topological polar surface area (TPSA) is 70.9 Å². The Morgan fingerprint density at radius 2 is 2.17 bits per heavy atom. The summed E-state index contributed by atoms with van der Waals surface area (Å²) in [5, 5.41) is 4.03. The van der Waals surface area contributed by atoms with Gasteiger partial charge in [-0.3, -0.25) is 4.79 Å². The first-order chi connectivity index (χ1) is 11.6. The molecule has 0 saturated carbocycles. The fraction of sp³-hybridized carbons (Fsp3) is 0.368. The van der Waals surface area contributed by atoms with Crippen LogP contribution in [0.1, 0.15) is 41.8 Å². The smallest absolute Gasteiger partial charge is 0.224 e. The maximum atomic E-state index is 12.3. The van der Waals surface area contributed by atoms with Gasteiger partial charge in [0.1, 0.15) is 5.76 Å². The third-order valence-electron chi connectivity index (χ3n) is 4.21. The summed E-state index contributed by atoms with van der Waals surface area (Å²) in [6, 6.07) is 6.11. The van der Waals surface area contributed by atoms with Crippen molar-refractivity contribution in [1.82, 2.24) is 15.3 Å². The molecule has 126 valence electrons. The number of H-pyrrole nitrogens is 1. The molecule has 0 saturated heterocycles. The minimum Gasteiger partial charge on any atom is -0.444 e. The molecule has 24 heavy (non-hydrogen) atoms. The van der Waals surface area contributed by atoms with Crippen molar-refractivity contribution in [3.05, 3.63) is 52.9 Å². The van der Waals surface area contributed by atoms with Crippen LogP contribution >= 0.6 is 0 Å². The van der Waals surface area contributed by atoms with Gasteiger partial charge in [-0.2, -0.15) is 0 Å². The first kappa shape index (κ1) is 16.3. The van der Waals surface area contributed by atoms with Crippen molar-refractivity contribution in [1.29, 1.82) is 0 Å². The Hall–Kier alpha value is -2.56. The van der Waals surface area contributed by atoms with Crippen molar-refractivity contribution in [2.24, 2.45) is 0 Å². The summed E-state index contributed by atoms with van der Waals surface area (Å²) < 4.78 is 5.69. The Kier molecular flexibility index (Phi) is 4.69. The highest BCUT2D eigenvalue weighted by Gasteiger charge is 2.13. The fourth-order valence-corrected chi connectivity index (χ4v) is 2.90.